The summed E-state index contributed by atoms with van der Waals surface area (Å²) in [6, 6.07) is 8.19. The van der Waals surface area contributed by atoms with E-state index >= 15 is 0 Å². The van der Waals surface area contributed by atoms with Crippen molar-refractivity contribution >= 4 is 17.7 Å². The summed E-state index contributed by atoms with van der Waals surface area (Å²) in [5, 5.41) is 3.91. The standard InChI is InChI=1S/C11H14ClN/c1-9(13-2)6-7-10-4-3-5-11(12)8-10/h3-9,13H,1-2H3. The fraction of sp³-hybridized carbons (Fsp3) is 0.273. The molecule has 1 N–H and O–H groups in total. The van der Waals surface area contributed by atoms with Crippen LogP contribution < -0.4 is 5.32 Å². The molecule has 70 valence electrons. The number of nitrogens with one attached hydrogen (secondary N) is 1. The second-order valence-electron chi connectivity index (χ2n) is 2.99. The van der Waals surface area contributed by atoms with E-state index < -0.39 is 0 Å². The topological polar surface area (TPSA) is 12.0 Å². The Morgan fingerprint density at radius 2 is 2.23 bits per heavy atom. The summed E-state index contributed by atoms with van der Waals surface area (Å²) >= 11 is 5.84. The molecule has 0 aliphatic rings. The third-order valence-corrected chi connectivity index (χ3v) is 2.12. The van der Waals surface area contributed by atoms with E-state index in [1.54, 1.807) is 0 Å². The Bertz CT molecular complexity index is 294. The first kappa shape index (κ1) is 10.3. The van der Waals surface area contributed by atoms with Gasteiger partial charge < -0.3 is 5.32 Å². The lowest BCUT2D eigenvalue weighted by atomic mass is 10.2. The van der Waals surface area contributed by atoms with E-state index in [0.29, 0.717) is 6.04 Å². The second kappa shape index (κ2) is 5.05. The van der Waals surface area contributed by atoms with Gasteiger partial charge in [-0.05, 0) is 31.7 Å². The molecule has 0 bridgehead atoms. The lowest BCUT2D eigenvalue weighted by molar-refractivity contribution is 0.731. The van der Waals surface area contributed by atoms with E-state index in [4.69, 9.17) is 11.6 Å². The van der Waals surface area contributed by atoms with Crippen LogP contribution >= 0.6 is 11.6 Å². The van der Waals surface area contributed by atoms with Gasteiger partial charge >= 0.3 is 0 Å². The predicted octanol–water partition coefficient (Wildman–Crippen LogP) is 2.96. The highest BCUT2D eigenvalue weighted by Crippen LogP contribution is 2.11. The number of likely N-dealkylation sites (N-methyl/N-ethyl adjacent to an activating group) is 1. The highest BCUT2D eigenvalue weighted by molar-refractivity contribution is 6.30. The van der Waals surface area contributed by atoms with Crippen molar-refractivity contribution in [2.45, 2.75) is 13.0 Å². The normalized spacial score (nSPS) is 13.5. The summed E-state index contributed by atoms with van der Waals surface area (Å²) in [6.07, 6.45) is 4.17. The zero-order chi connectivity index (χ0) is 9.68. The molecule has 0 aliphatic carbocycles. The first-order valence-corrected chi connectivity index (χ1v) is 4.71. The zero-order valence-corrected chi connectivity index (χ0v) is 8.68. The van der Waals surface area contributed by atoms with Gasteiger partial charge in [-0.2, -0.15) is 0 Å². The van der Waals surface area contributed by atoms with Crippen LogP contribution in [0.3, 0.4) is 0 Å². The quantitative estimate of drug-likeness (QED) is 0.782. The number of benzene rings is 1. The summed E-state index contributed by atoms with van der Waals surface area (Å²) in [6.45, 7) is 2.10. The number of halogens is 1. The van der Waals surface area contributed by atoms with E-state index in [1.807, 2.05) is 31.3 Å². The van der Waals surface area contributed by atoms with E-state index in [9.17, 15) is 0 Å². The Hall–Kier alpha value is -0.790. The Morgan fingerprint density at radius 3 is 2.85 bits per heavy atom. The molecule has 0 fully saturated rings. The van der Waals surface area contributed by atoms with Crippen LogP contribution in [0.15, 0.2) is 30.3 Å². The molecule has 1 nitrogen and oxygen atoms in total. The molecular weight excluding hydrogens is 182 g/mol. The molecule has 13 heavy (non-hydrogen) atoms. The van der Waals surface area contributed by atoms with Gasteiger partial charge in [0.15, 0.2) is 0 Å². The molecular formula is C11H14ClN. The van der Waals surface area contributed by atoms with Crippen LogP contribution in [0.4, 0.5) is 0 Å². The Balaban J connectivity index is 2.68. The monoisotopic (exact) mass is 195 g/mol. The Labute approximate surface area is 84.4 Å². The molecule has 1 rings (SSSR count). The summed E-state index contributed by atoms with van der Waals surface area (Å²) in [7, 11) is 1.94. The highest BCUT2D eigenvalue weighted by atomic mass is 35.5. The minimum absolute atomic E-state index is 0.388. The van der Waals surface area contributed by atoms with Gasteiger partial charge in [0.1, 0.15) is 0 Å². The molecule has 1 aromatic carbocycles. The third kappa shape index (κ3) is 3.62. The van der Waals surface area contributed by atoms with Crippen molar-refractivity contribution in [1.29, 1.82) is 0 Å². The van der Waals surface area contributed by atoms with E-state index in [2.05, 4.69) is 24.4 Å². The van der Waals surface area contributed by atoms with E-state index in [0.717, 1.165) is 10.6 Å². The van der Waals surface area contributed by atoms with Crippen molar-refractivity contribution in [2.24, 2.45) is 0 Å². The zero-order valence-electron chi connectivity index (χ0n) is 7.92. The third-order valence-electron chi connectivity index (χ3n) is 1.88. The van der Waals surface area contributed by atoms with Crippen molar-refractivity contribution in [2.75, 3.05) is 7.05 Å². The molecule has 0 spiro atoms. The lowest BCUT2D eigenvalue weighted by Crippen LogP contribution is -2.17. The molecule has 0 amide bonds. The summed E-state index contributed by atoms with van der Waals surface area (Å²) in [5.74, 6) is 0. The van der Waals surface area contributed by atoms with E-state index in [1.165, 1.54) is 0 Å². The fourth-order valence-corrected chi connectivity index (χ4v) is 1.16. The molecule has 1 atom stereocenters. The van der Waals surface area contributed by atoms with Gasteiger partial charge in [-0.1, -0.05) is 35.9 Å². The first-order valence-electron chi connectivity index (χ1n) is 4.33. The predicted molar refractivity (Wildman–Crippen MR) is 59.0 cm³/mol. The molecule has 1 unspecified atom stereocenters. The maximum atomic E-state index is 5.84. The minimum atomic E-state index is 0.388. The summed E-state index contributed by atoms with van der Waals surface area (Å²) < 4.78 is 0. The SMILES string of the molecule is CNC(C)C=Cc1cccc(Cl)c1. The molecule has 0 saturated heterocycles. The Morgan fingerprint density at radius 1 is 1.46 bits per heavy atom. The number of hydrogen-bond donors (Lipinski definition) is 1. The van der Waals surface area contributed by atoms with Crippen LogP contribution in [0.1, 0.15) is 12.5 Å². The average Bonchev–Trinajstić information content (AvgIpc) is 2.14. The van der Waals surface area contributed by atoms with Crippen molar-refractivity contribution < 1.29 is 0 Å². The van der Waals surface area contributed by atoms with Gasteiger partial charge in [0.05, 0.1) is 0 Å². The van der Waals surface area contributed by atoms with Gasteiger partial charge in [-0.3, -0.25) is 0 Å². The molecule has 2 heteroatoms. The fourth-order valence-electron chi connectivity index (χ4n) is 0.962. The molecule has 0 saturated carbocycles. The Kier molecular flexibility index (Phi) is 4.00. The molecule has 0 aliphatic heterocycles. The van der Waals surface area contributed by atoms with Crippen LogP contribution in [0.2, 0.25) is 5.02 Å². The van der Waals surface area contributed by atoms with Gasteiger partial charge in [-0.15, -0.1) is 0 Å². The van der Waals surface area contributed by atoms with E-state index in [-0.39, 0.29) is 0 Å². The van der Waals surface area contributed by atoms with Crippen molar-refractivity contribution in [3.05, 3.63) is 40.9 Å². The van der Waals surface area contributed by atoms with Gasteiger partial charge in [-0.25, -0.2) is 0 Å². The average molecular weight is 196 g/mol. The van der Waals surface area contributed by atoms with Crippen molar-refractivity contribution in [3.63, 3.8) is 0 Å². The summed E-state index contributed by atoms with van der Waals surface area (Å²) in [4.78, 5) is 0. The largest absolute Gasteiger partial charge is 0.314 e. The number of hydrogen-bond acceptors (Lipinski definition) is 1. The van der Waals surface area contributed by atoms with Gasteiger partial charge in [0.25, 0.3) is 0 Å². The van der Waals surface area contributed by atoms with Gasteiger partial charge in [0, 0.05) is 11.1 Å². The minimum Gasteiger partial charge on any atom is -0.314 e. The second-order valence-corrected chi connectivity index (χ2v) is 3.43. The molecule has 1 aromatic rings. The van der Waals surface area contributed by atoms with Crippen molar-refractivity contribution in [1.82, 2.24) is 5.32 Å². The molecule has 0 heterocycles. The van der Waals surface area contributed by atoms with Crippen LogP contribution in [0, 0.1) is 0 Å². The summed E-state index contributed by atoms with van der Waals surface area (Å²) in [5.41, 5.74) is 1.13. The lowest BCUT2D eigenvalue weighted by Gasteiger charge is -2.02. The van der Waals surface area contributed by atoms with Crippen LogP contribution in [0.25, 0.3) is 6.08 Å². The smallest absolute Gasteiger partial charge is 0.0411 e. The molecule has 0 aromatic heterocycles. The van der Waals surface area contributed by atoms with Crippen LogP contribution in [0.5, 0.6) is 0 Å². The maximum Gasteiger partial charge on any atom is 0.0411 e. The highest BCUT2D eigenvalue weighted by Gasteiger charge is 1.91. The van der Waals surface area contributed by atoms with Crippen LogP contribution in [-0.2, 0) is 0 Å². The van der Waals surface area contributed by atoms with Crippen molar-refractivity contribution in [3.8, 4) is 0 Å². The first-order chi connectivity index (χ1) is 6.22. The van der Waals surface area contributed by atoms with Gasteiger partial charge in [0.2, 0.25) is 0 Å². The molecule has 0 radical (unpaired) electrons. The maximum absolute atomic E-state index is 5.84. The van der Waals surface area contributed by atoms with Crippen LogP contribution in [-0.4, -0.2) is 13.1 Å². The number of rotatable bonds is 3.